The van der Waals surface area contributed by atoms with Gasteiger partial charge in [-0.15, -0.1) is 0 Å². The van der Waals surface area contributed by atoms with Gasteiger partial charge in [0, 0.05) is 12.6 Å². The Bertz CT molecular complexity index is 540. The van der Waals surface area contributed by atoms with Crippen LogP contribution in [0.1, 0.15) is 19.4 Å². The second-order valence-electron chi connectivity index (χ2n) is 5.40. The molecule has 1 saturated heterocycles. The summed E-state index contributed by atoms with van der Waals surface area (Å²) in [4.78, 5) is 12.4. The molecule has 2 rings (SSSR count). The number of nitrogens with zero attached hydrogens (tertiary/aromatic N) is 1. The van der Waals surface area contributed by atoms with Gasteiger partial charge < -0.3 is 14.7 Å². The minimum absolute atomic E-state index is 0.266. The van der Waals surface area contributed by atoms with E-state index in [0.29, 0.717) is 31.0 Å². The molecule has 4 nitrogen and oxygen atoms in total. The number of halogens is 1. The van der Waals surface area contributed by atoms with Crippen molar-refractivity contribution in [1.82, 2.24) is 0 Å². The highest BCUT2D eigenvalue weighted by Gasteiger charge is 2.32. The van der Waals surface area contributed by atoms with Crippen molar-refractivity contribution in [2.75, 3.05) is 24.7 Å². The molecule has 0 bridgehead atoms. The number of hydrogen-bond donors (Lipinski definition) is 1. The summed E-state index contributed by atoms with van der Waals surface area (Å²) < 4.78 is 19.7. The molecule has 108 valence electrons. The van der Waals surface area contributed by atoms with E-state index in [2.05, 4.69) is 0 Å². The van der Waals surface area contributed by atoms with Crippen LogP contribution in [-0.4, -0.2) is 36.4 Å². The van der Waals surface area contributed by atoms with Crippen molar-refractivity contribution < 1.29 is 19.0 Å². The molecule has 0 spiro atoms. The average molecular weight is 279 g/mol. The van der Waals surface area contributed by atoms with Crippen molar-refractivity contribution in [3.05, 3.63) is 35.7 Å². The standard InChI is InChI=1S/C15H18FNO3/c1-15(2)10-20-8-7-17(15)13-5-3-11(9-12(13)16)4-6-14(18)19/h3-6,9H,7-8,10H2,1-2H3,(H,18,19). The fourth-order valence-corrected chi connectivity index (χ4v) is 2.32. The zero-order chi connectivity index (χ0) is 14.8. The number of carbonyl (C=O) groups is 1. The van der Waals surface area contributed by atoms with E-state index < -0.39 is 5.97 Å². The number of anilines is 1. The Labute approximate surface area is 117 Å². The van der Waals surface area contributed by atoms with Crippen LogP contribution in [0.4, 0.5) is 10.1 Å². The van der Waals surface area contributed by atoms with Crippen LogP contribution in [0.25, 0.3) is 6.08 Å². The van der Waals surface area contributed by atoms with Gasteiger partial charge in [0.05, 0.1) is 24.4 Å². The molecule has 0 amide bonds. The summed E-state index contributed by atoms with van der Waals surface area (Å²) in [5.74, 6) is -1.41. The SMILES string of the molecule is CC1(C)COCCN1c1ccc(C=CC(=O)O)cc1F. The molecule has 0 unspecified atom stereocenters. The highest BCUT2D eigenvalue weighted by Crippen LogP contribution is 2.29. The maximum absolute atomic E-state index is 14.2. The van der Waals surface area contributed by atoms with Crippen LogP contribution in [-0.2, 0) is 9.53 Å². The summed E-state index contributed by atoms with van der Waals surface area (Å²) in [7, 11) is 0. The van der Waals surface area contributed by atoms with Crippen LogP contribution in [0.5, 0.6) is 0 Å². The summed E-state index contributed by atoms with van der Waals surface area (Å²) in [5.41, 5.74) is 0.780. The third kappa shape index (κ3) is 3.17. The lowest BCUT2D eigenvalue weighted by Crippen LogP contribution is -2.53. The summed E-state index contributed by atoms with van der Waals surface area (Å²) in [5, 5.41) is 8.57. The van der Waals surface area contributed by atoms with E-state index in [9.17, 15) is 9.18 Å². The zero-order valence-corrected chi connectivity index (χ0v) is 11.6. The molecule has 5 heteroatoms. The molecule has 1 heterocycles. The first kappa shape index (κ1) is 14.5. The van der Waals surface area contributed by atoms with Crippen LogP contribution in [0, 0.1) is 5.82 Å². The van der Waals surface area contributed by atoms with Crippen LogP contribution in [0.3, 0.4) is 0 Å². The van der Waals surface area contributed by atoms with Gasteiger partial charge in [0.15, 0.2) is 0 Å². The number of benzene rings is 1. The molecule has 0 aromatic heterocycles. The van der Waals surface area contributed by atoms with Crippen molar-refractivity contribution in [2.45, 2.75) is 19.4 Å². The van der Waals surface area contributed by atoms with E-state index in [4.69, 9.17) is 9.84 Å². The molecular formula is C15H18FNO3. The molecule has 1 N–H and O–H groups in total. The predicted octanol–water partition coefficient (Wildman–Crippen LogP) is 2.54. The van der Waals surface area contributed by atoms with Gasteiger partial charge in [-0.05, 0) is 37.6 Å². The first-order valence-electron chi connectivity index (χ1n) is 6.46. The minimum Gasteiger partial charge on any atom is -0.478 e. The second kappa shape index (κ2) is 5.63. The molecule has 0 radical (unpaired) electrons. The Morgan fingerprint density at radius 2 is 2.25 bits per heavy atom. The fraction of sp³-hybridized carbons (Fsp3) is 0.400. The highest BCUT2D eigenvalue weighted by molar-refractivity contribution is 5.85. The smallest absolute Gasteiger partial charge is 0.328 e. The van der Waals surface area contributed by atoms with Crippen molar-refractivity contribution in [2.24, 2.45) is 0 Å². The molecule has 20 heavy (non-hydrogen) atoms. The van der Waals surface area contributed by atoms with Crippen LogP contribution in [0.15, 0.2) is 24.3 Å². The molecule has 1 aromatic carbocycles. The van der Waals surface area contributed by atoms with Gasteiger partial charge in [-0.2, -0.15) is 0 Å². The number of aliphatic carboxylic acids is 1. The van der Waals surface area contributed by atoms with E-state index in [0.717, 1.165) is 6.08 Å². The van der Waals surface area contributed by atoms with Gasteiger partial charge in [-0.3, -0.25) is 0 Å². The number of morpholine rings is 1. The molecule has 0 saturated carbocycles. The maximum Gasteiger partial charge on any atom is 0.328 e. The summed E-state index contributed by atoms with van der Waals surface area (Å²) in [6, 6.07) is 4.74. The minimum atomic E-state index is -1.05. The summed E-state index contributed by atoms with van der Waals surface area (Å²) in [6.45, 7) is 5.76. The van der Waals surface area contributed by atoms with Crippen molar-refractivity contribution in [3.63, 3.8) is 0 Å². The summed E-state index contributed by atoms with van der Waals surface area (Å²) in [6.07, 6.45) is 2.37. The Morgan fingerprint density at radius 1 is 1.50 bits per heavy atom. The average Bonchev–Trinajstić information content (AvgIpc) is 2.37. The molecule has 1 aliphatic heterocycles. The Balaban J connectivity index is 2.27. The zero-order valence-electron chi connectivity index (χ0n) is 11.6. The normalized spacial score (nSPS) is 18.4. The molecule has 1 fully saturated rings. The largest absolute Gasteiger partial charge is 0.478 e. The number of carboxylic acid groups (broad SMARTS) is 1. The topological polar surface area (TPSA) is 49.8 Å². The van der Waals surface area contributed by atoms with Gasteiger partial charge in [-0.25, -0.2) is 9.18 Å². The molecule has 1 aliphatic rings. The third-order valence-electron chi connectivity index (χ3n) is 3.33. The lowest BCUT2D eigenvalue weighted by molar-refractivity contribution is -0.131. The lowest BCUT2D eigenvalue weighted by atomic mass is 10.0. The quantitative estimate of drug-likeness (QED) is 0.864. The first-order valence-corrected chi connectivity index (χ1v) is 6.46. The van der Waals surface area contributed by atoms with E-state index in [1.807, 2.05) is 18.7 Å². The molecule has 0 aliphatic carbocycles. The van der Waals surface area contributed by atoms with Gasteiger partial charge in [0.25, 0.3) is 0 Å². The Morgan fingerprint density at radius 3 is 2.85 bits per heavy atom. The Hall–Kier alpha value is -1.88. The lowest BCUT2D eigenvalue weighted by Gasteiger charge is -2.43. The second-order valence-corrected chi connectivity index (χ2v) is 5.40. The van der Waals surface area contributed by atoms with Gasteiger partial charge in [0.2, 0.25) is 0 Å². The van der Waals surface area contributed by atoms with Crippen molar-refractivity contribution in [3.8, 4) is 0 Å². The molecule has 1 aromatic rings. The van der Waals surface area contributed by atoms with E-state index >= 15 is 0 Å². The van der Waals surface area contributed by atoms with Crippen molar-refractivity contribution in [1.29, 1.82) is 0 Å². The highest BCUT2D eigenvalue weighted by atomic mass is 19.1. The first-order chi connectivity index (χ1) is 9.40. The molecular weight excluding hydrogens is 261 g/mol. The van der Waals surface area contributed by atoms with Gasteiger partial charge in [0.1, 0.15) is 5.82 Å². The Kier molecular flexibility index (Phi) is 4.09. The fourth-order valence-electron chi connectivity index (χ4n) is 2.32. The number of hydrogen-bond acceptors (Lipinski definition) is 3. The van der Waals surface area contributed by atoms with Gasteiger partial charge >= 0.3 is 5.97 Å². The van der Waals surface area contributed by atoms with Gasteiger partial charge in [-0.1, -0.05) is 6.07 Å². The number of ether oxygens (including phenoxy) is 1. The van der Waals surface area contributed by atoms with Crippen LogP contribution >= 0.6 is 0 Å². The summed E-state index contributed by atoms with van der Waals surface area (Å²) >= 11 is 0. The monoisotopic (exact) mass is 279 g/mol. The van der Waals surface area contributed by atoms with Crippen molar-refractivity contribution >= 4 is 17.7 Å². The molecule has 0 atom stereocenters. The maximum atomic E-state index is 14.2. The van der Waals surface area contributed by atoms with Crippen LogP contribution in [0.2, 0.25) is 0 Å². The van der Waals surface area contributed by atoms with Crippen LogP contribution < -0.4 is 4.90 Å². The third-order valence-corrected chi connectivity index (χ3v) is 3.33. The van der Waals surface area contributed by atoms with E-state index in [1.165, 1.54) is 12.1 Å². The number of carboxylic acids is 1. The number of rotatable bonds is 3. The van der Waals surface area contributed by atoms with E-state index in [1.54, 1.807) is 12.1 Å². The van der Waals surface area contributed by atoms with E-state index in [-0.39, 0.29) is 11.4 Å². The predicted molar refractivity (Wildman–Crippen MR) is 75.3 cm³/mol.